The largest absolute Gasteiger partial charge is 0.353 e. The van der Waals surface area contributed by atoms with Crippen LogP contribution in [-0.4, -0.2) is 61.5 Å². The molecule has 9 heteroatoms. The Morgan fingerprint density at radius 1 is 1.27 bits per heavy atom. The van der Waals surface area contributed by atoms with Crippen LogP contribution in [0.3, 0.4) is 0 Å². The zero-order valence-corrected chi connectivity index (χ0v) is 20.3. The third-order valence-electron chi connectivity index (χ3n) is 4.74. The lowest BCUT2D eigenvalue weighted by Gasteiger charge is -2.21. The van der Waals surface area contributed by atoms with Crippen molar-refractivity contribution in [2.75, 3.05) is 38.6 Å². The summed E-state index contributed by atoms with van der Waals surface area (Å²) < 4.78 is 0. The van der Waals surface area contributed by atoms with Crippen molar-refractivity contribution in [1.82, 2.24) is 20.5 Å². The minimum Gasteiger partial charge on any atom is -0.353 e. The molecule has 1 atom stereocenters. The Balaban J connectivity index is 0.00000320. The number of carbonyl (C=O) groups excluding carboxylic acids is 1. The summed E-state index contributed by atoms with van der Waals surface area (Å²) in [7, 11) is 3.48. The topological polar surface area (TPSA) is 72.9 Å². The van der Waals surface area contributed by atoms with Gasteiger partial charge in [0.2, 0.25) is 5.91 Å². The van der Waals surface area contributed by atoms with Gasteiger partial charge >= 0.3 is 0 Å². The first-order valence-electron chi connectivity index (χ1n) is 9.67. The number of aromatic nitrogens is 1. The maximum Gasteiger partial charge on any atom is 0.241 e. The van der Waals surface area contributed by atoms with Crippen molar-refractivity contribution in [2.24, 2.45) is 4.99 Å². The molecule has 1 aliphatic rings. The van der Waals surface area contributed by atoms with E-state index < -0.39 is 0 Å². The van der Waals surface area contributed by atoms with Crippen LogP contribution in [0.25, 0.3) is 0 Å². The average Bonchev–Trinajstić information content (AvgIpc) is 3.19. The van der Waals surface area contributed by atoms with Crippen LogP contribution in [0, 0.1) is 0 Å². The molecular weight excluding hydrogens is 515 g/mol. The van der Waals surface area contributed by atoms with Crippen LogP contribution in [0.1, 0.15) is 12.0 Å². The van der Waals surface area contributed by atoms with E-state index in [1.807, 2.05) is 42.5 Å². The second-order valence-corrected chi connectivity index (χ2v) is 7.58. The fraction of sp³-hybridized carbons (Fsp3) is 0.381. The number of hydrogen-bond donors (Lipinski definition) is 2. The minimum absolute atomic E-state index is 0. The fourth-order valence-corrected chi connectivity index (χ4v) is 3.34. The molecule has 1 fully saturated rings. The van der Waals surface area contributed by atoms with Crippen molar-refractivity contribution in [1.29, 1.82) is 0 Å². The van der Waals surface area contributed by atoms with Crippen molar-refractivity contribution >= 4 is 53.3 Å². The van der Waals surface area contributed by atoms with Gasteiger partial charge in [-0.3, -0.25) is 4.79 Å². The maximum absolute atomic E-state index is 12.0. The summed E-state index contributed by atoms with van der Waals surface area (Å²) in [5, 5.41) is 7.26. The molecule has 162 valence electrons. The van der Waals surface area contributed by atoms with E-state index in [1.54, 1.807) is 25.2 Å². The number of halogens is 2. The lowest BCUT2D eigenvalue weighted by molar-refractivity contribution is -0.127. The molecule has 1 aliphatic heterocycles. The van der Waals surface area contributed by atoms with E-state index >= 15 is 0 Å². The molecule has 3 rings (SSSR count). The molecule has 0 spiro atoms. The first-order chi connectivity index (χ1) is 14.0. The summed E-state index contributed by atoms with van der Waals surface area (Å²) in [5.41, 5.74) is 1.11. The van der Waals surface area contributed by atoms with Crippen LogP contribution in [0.5, 0.6) is 0 Å². The monoisotopic (exact) mass is 542 g/mol. The van der Waals surface area contributed by atoms with Gasteiger partial charge < -0.3 is 20.4 Å². The van der Waals surface area contributed by atoms with Crippen LogP contribution in [0.4, 0.5) is 5.82 Å². The number of pyridine rings is 1. The molecule has 30 heavy (non-hydrogen) atoms. The number of anilines is 1. The Hall–Kier alpha value is -2.07. The van der Waals surface area contributed by atoms with E-state index in [1.165, 1.54) is 0 Å². The third-order valence-corrected chi connectivity index (χ3v) is 5.03. The van der Waals surface area contributed by atoms with Crippen LogP contribution < -0.4 is 15.5 Å². The molecule has 2 N–H and O–H groups in total. The number of aliphatic imine (C=N–C) groups is 1. The summed E-state index contributed by atoms with van der Waals surface area (Å²) in [4.78, 5) is 24.8. The van der Waals surface area contributed by atoms with Gasteiger partial charge in [-0.1, -0.05) is 41.9 Å². The molecule has 1 unspecified atom stereocenters. The first-order valence-corrected chi connectivity index (χ1v) is 10.0. The van der Waals surface area contributed by atoms with Gasteiger partial charge in [0.05, 0.1) is 18.1 Å². The highest BCUT2D eigenvalue weighted by molar-refractivity contribution is 14.0. The number of nitrogens with zero attached hydrogens (tertiary/aromatic N) is 4. The summed E-state index contributed by atoms with van der Waals surface area (Å²) in [6.45, 7) is 2.35. The van der Waals surface area contributed by atoms with Crippen molar-refractivity contribution in [2.45, 2.75) is 19.0 Å². The van der Waals surface area contributed by atoms with E-state index in [0.29, 0.717) is 17.5 Å². The van der Waals surface area contributed by atoms with Gasteiger partial charge in [-0.25, -0.2) is 9.98 Å². The van der Waals surface area contributed by atoms with Crippen LogP contribution in [0.2, 0.25) is 5.02 Å². The zero-order chi connectivity index (χ0) is 20.6. The summed E-state index contributed by atoms with van der Waals surface area (Å²) in [6.07, 6.45) is 2.68. The van der Waals surface area contributed by atoms with Crippen LogP contribution in [-0.2, 0) is 11.3 Å². The number of benzene rings is 1. The van der Waals surface area contributed by atoms with Gasteiger partial charge in [-0.2, -0.15) is 0 Å². The number of rotatable bonds is 6. The van der Waals surface area contributed by atoms with Gasteiger partial charge in [0, 0.05) is 39.4 Å². The lowest BCUT2D eigenvalue weighted by Crippen LogP contribution is -2.47. The SMILES string of the molecule is CN(C)C(=O)CNC(=NCc1ccccc1)NC1CCN(c2ncccc2Cl)C1.I. The normalized spacial score (nSPS) is 16.0. The molecule has 2 aromatic rings. The highest BCUT2D eigenvalue weighted by Gasteiger charge is 2.25. The smallest absolute Gasteiger partial charge is 0.241 e. The van der Waals surface area contributed by atoms with Gasteiger partial charge in [0.25, 0.3) is 0 Å². The fourth-order valence-electron chi connectivity index (χ4n) is 3.10. The predicted octanol–water partition coefficient (Wildman–Crippen LogP) is 2.76. The van der Waals surface area contributed by atoms with E-state index in [2.05, 4.69) is 25.5 Å². The maximum atomic E-state index is 12.0. The lowest BCUT2D eigenvalue weighted by atomic mass is 10.2. The summed E-state index contributed by atoms with van der Waals surface area (Å²) in [5.74, 6) is 1.42. The molecule has 7 nitrogen and oxygen atoms in total. The average molecular weight is 543 g/mol. The molecule has 1 aromatic heterocycles. The first kappa shape index (κ1) is 24.2. The highest BCUT2D eigenvalue weighted by atomic mass is 127. The Labute approximate surface area is 199 Å². The summed E-state index contributed by atoms with van der Waals surface area (Å²) in [6, 6.07) is 13.9. The standard InChI is InChI=1S/C21H27ClN6O.HI/c1-27(2)19(29)14-25-21(24-13-16-7-4-3-5-8-16)26-17-10-12-28(15-17)20-18(22)9-6-11-23-20;/h3-9,11,17H,10,12-15H2,1-2H3,(H2,24,25,26);1H. The van der Waals surface area contributed by atoms with Gasteiger partial charge in [-0.15, -0.1) is 24.0 Å². The molecule has 0 saturated carbocycles. The highest BCUT2D eigenvalue weighted by Crippen LogP contribution is 2.25. The Kier molecular flexibility index (Phi) is 9.64. The van der Waals surface area contributed by atoms with E-state index in [0.717, 1.165) is 30.9 Å². The molecule has 1 saturated heterocycles. The van der Waals surface area contributed by atoms with Gasteiger partial charge in [-0.05, 0) is 24.1 Å². The minimum atomic E-state index is -0.00692. The quantitative estimate of drug-likeness (QED) is 0.334. The molecule has 0 aliphatic carbocycles. The molecule has 1 amide bonds. The van der Waals surface area contributed by atoms with E-state index in [4.69, 9.17) is 11.6 Å². The number of likely N-dealkylation sites (N-methyl/N-ethyl adjacent to an activating group) is 1. The summed E-state index contributed by atoms with van der Waals surface area (Å²) >= 11 is 6.29. The van der Waals surface area contributed by atoms with Crippen molar-refractivity contribution in [3.05, 3.63) is 59.2 Å². The molecule has 0 radical (unpaired) electrons. The molecule has 1 aromatic carbocycles. The van der Waals surface area contributed by atoms with Crippen LogP contribution >= 0.6 is 35.6 Å². The Morgan fingerprint density at radius 3 is 2.73 bits per heavy atom. The molecule has 0 bridgehead atoms. The van der Waals surface area contributed by atoms with Gasteiger partial charge in [0.15, 0.2) is 5.96 Å². The second kappa shape index (κ2) is 11.9. The van der Waals surface area contributed by atoms with Crippen molar-refractivity contribution < 1.29 is 4.79 Å². The number of nitrogens with one attached hydrogen (secondary N) is 2. The van der Waals surface area contributed by atoms with Crippen molar-refractivity contribution in [3.8, 4) is 0 Å². The predicted molar refractivity (Wildman–Crippen MR) is 133 cm³/mol. The number of hydrogen-bond acceptors (Lipinski definition) is 4. The van der Waals surface area contributed by atoms with Gasteiger partial charge in [0.1, 0.15) is 5.82 Å². The third kappa shape index (κ3) is 7.02. The molecular formula is C21H28ClIN6O. The number of amides is 1. The number of guanidine groups is 1. The van der Waals surface area contributed by atoms with Crippen molar-refractivity contribution in [3.63, 3.8) is 0 Å². The Bertz CT molecular complexity index is 848. The van der Waals surface area contributed by atoms with E-state index in [-0.39, 0.29) is 42.5 Å². The molecule has 2 heterocycles. The van der Waals surface area contributed by atoms with E-state index in [9.17, 15) is 4.79 Å². The zero-order valence-electron chi connectivity index (χ0n) is 17.2. The second-order valence-electron chi connectivity index (χ2n) is 7.18. The Morgan fingerprint density at radius 2 is 2.03 bits per heavy atom. The van der Waals surface area contributed by atoms with Crippen LogP contribution in [0.15, 0.2) is 53.7 Å². The number of carbonyl (C=O) groups is 1.